The molecule has 1 saturated heterocycles. The van der Waals surface area contributed by atoms with Crippen molar-refractivity contribution in [3.63, 3.8) is 0 Å². The van der Waals surface area contributed by atoms with Gasteiger partial charge in [0.15, 0.2) is 0 Å². The van der Waals surface area contributed by atoms with E-state index in [9.17, 15) is 8.42 Å². The predicted octanol–water partition coefficient (Wildman–Crippen LogP) is 2.20. The fourth-order valence-corrected chi connectivity index (χ4v) is 4.82. The Morgan fingerprint density at radius 3 is 2.60 bits per heavy atom. The van der Waals surface area contributed by atoms with Gasteiger partial charge in [0.1, 0.15) is 0 Å². The molecule has 0 amide bonds. The highest BCUT2D eigenvalue weighted by Crippen LogP contribution is 2.37. The van der Waals surface area contributed by atoms with Gasteiger partial charge in [-0.1, -0.05) is 29.8 Å². The third-order valence-corrected chi connectivity index (χ3v) is 6.48. The minimum atomic E-state index is -3.17. The van der Waals surface area contributed by atoms with E-state index in [1.54, 1.807) is 4.31 Å². The van der Waals surface area contributed by atoms with Gasteiger partial charge in [0.2, 0.25) is 10.0 Å². The summed E-state index contributed by atoms with van der Waals surface area (Å²) in [5.41, 5.74) is 0.889. The molecule has 1 unspecified atom stereocenters. The molecule has 1 aliphatic carbocycles. The van der Waals surface area contributed by atoms with Crippen molar-refractivity contribution in [3.8, 4) is 0 Å². The van der Waals surface area contributed by atoms with Gasteiger partial charge in [0.05, 0.1) is 11.3 Å². The van der Waals surface area contributed by atoms with Gasteiger partial charge in [-0.3, -0.25) is 0 Å². The topological polar surface area (TPSA) is 49.4 Å². The predicted molar refractivity (Wildman–Crippen MR) is 83.0 cm³/mol. The Morgan fingerprint density at radius 2 is 1.95 bits per heavy atom. The number of hydrogen-bond donors (Lipinski definition) is 1. The third kappa shape index (κ3) is 2.97. The molecular weight excluding hydrogens is 319 g/mol. The van der Waals surface area contributed by atoms with Crippen molar-refractivity contribution in [1.29, 1.82) is 0 Å². The third-order valence-electron chi connectivity index (χ3n) is 3.73. The molecule has 3 rings (SSSR count). The van der Waals surface area contributed by atoms with Crippen molar-refractivity contribution >= 4 is 34.0 Å². The standard InChI is InChI=1S/C13H17ClN2O2S.ClH/c14-12-4-2-1-3-11(12)13-9-15-7-8-16(13)19(17,18)10-5-6-10;/h1-4,10,13,15H,5-9H2;1H. The lowest BCUT2D eigenvalue weighted by Gasteiger charge is -2.36. The molecule has 0 bridgehead atoms. The van der Waals surface area contributed by atoms with E-state index in [4.69, 9.17) is 11.6 Å². The highest BCUT2D eigenvalue weighted by Gasteiger charge is 2.44. The van der Waals surface area contributed by atoms with Crippen LogP contribution < -0.4 is 5.32 Å². The van der Waals surface area contributed by atoms with Gasteiger partial charge in [0.25, 0.3) is 0 Å². The number of nitrogens with zero attached hydrogens (tertiary/aromatic N) is 1. The summed E-state index contributed by atoms with van der Waals surface area (Å²) in [5, 5.41) is 3.72. The summed E-state index contributed by atoms with van der Waals surface area (Å²) in [6.45, 7) is 1.84. The summed E-state index contributed by atoms with van der Waals surface area (Å²) in [5.74, 6) is 0. The van der Waals surface area contributed by atoms with Crippen LogP contribution in [0.2, 0.25) is 5.02 Å². The van der Waals surface area contributed by atoms with Crippen molar-refractivity contribution in [2.45, 2.75) is 24.1 Å². The van der Waals surface area contributed by atoms with E-state index in [0.29, 0.717) is 24.7 Å². The van der Waals surface area contributed by atoms with Gasteiger partial charge >= 0.3 is 0 Å². The van der Waals surface area contributed by atoms with Gasteiger partial charge < -0.3 is 5.32 Å². The molecule has 0 aromatic heterocycles. The fraction of sp³-hybridized carbons (Fsp3) is 0.538. The quantitative estimate of drug-likeness (QED) is 0.920. The lowest BCUT2D eigenvalue weighted by Crippen LogP contribution is -2.49. The second kappa shape index (κ2) is 6.20. The summed E-state index contributed by atoms with van der Waals surface area (Å²) in [6.07, 6.45) is 1.59. The minimum Gasteiger partial charge on any atom is -0.313 e. The average Bonchev–Trinajstić information content (AvgIpc) is 3.24. The molecule has 20 heavy (non-hydrogen) atoms. The number of hydrogen-bond acceptors (Lipinski definition) is 3. The highest BCUT2D eigenvalue weighted by molar-refractivity contribution is 7.90. The molecule has 0 spiro atoms. The molecule has 112 valence electrons. The number of rotatable bonds is 3. The number of benzene rings is 1. The lowest BCUT2D eigenvalue weighted by atomic mass is 10.1. The largest absolute Gasteiger partial charge is 0.313 e. The minimum absolute atomic E-state index is 0. The molecule has 4 nitrogen and oxygen atoms in total. The maximum absolute atomic E-state index is 12.5. The smallest absolute Gasteiger partial charge is 0.217 e. The van der Waals surface area contributed by atoms with Crippen LogP contribution >= 0.6 is 24.0 Å². The van der Waals surface area contributed by atoms with E-state index < -0.39 is 10.0 Å². The van der Waals surface area contributed by atoms with Crippen LogP contribution in [-0.2, 0) is 10.0 Å². The molecular formula is C13H18Cl2N2O2S. The molecule has 1 N–H and O–H groups in total. The van der Waals surface area contributed by atoms with Crippen LogP contribution in [0.3, 0.4) is 0 Å². The Bertz CT molecular complexity index is 575. The van der Waals surface area contributed by atoms with Crippen LogP contribution in [0.1, 0.15) is 24.4 Å². The first-order chi connectivity index (χ1) is 9.10. The SMILES string of the molecule is Cl.O=S(=O)(C1CC1)N1CCNCC1c1ccccc1Cl. The Morgan fingerprint density at radius 1 is 1.25 bits per heavy atom. The van der Waals surface area contributed by atoms with Crippen molar-refractivity contribution in [3.05, 3.63) is 34.9 Å². The molecule has 7 heteroatoms. The second-order valence-corrected chi connectivity index (χ2v) is 7.67. The number of nitrogens with one attached hydrogen (secondary N) is 1. The lowest BCUT2D eigenvalue weighted by molar-refractivity contribution is 0.271. The second-order valence-electron chi connectivity index (χ2n) is 5.10. The molecule has 1 aliphatic heterocycles. The summed E-state index contributed by atoms with van der Waals surface area (Å²) in [4.78, 5) is 0. The summed E-state index contributed by atoms with van der Waals surface area (Å²) < 4.78 is 26.6. The van der Waals surface area contributed by atoms with Gasteiger partial charge in [-0.25, -0.2) is 8.42 Å². The normalized spacial score (nSPS) is 24.1. The van der Waals surface area contributed by atoms with Crippen LogP contribution in [0.4, 0.5) is 0 Å². The van der Waals surface area contributed by atoms with Gasteiger partial charge in [-0.05, 0) is 24.5 Å². The molecule has 0 radical (unpaired) electrons. The van der Waals surface area contributed by atoms with Crippen LogP contribution in [0, 0.1) is 0 Å². The van der Waals surface area contributed by atoms with E-state index in [1.165, 1.54) is 0 Å². The number of halogens is 2. The first-order valence-electron chi connectivity index (χ1n) is 6.56. The van der Waals surface area contributed by atoms with Crippen LogP contribution in [0.5, 0.6) is 0 Å². The summed E-state index contributed by atoms with van der Waals surface area (Å²) >= 11 is 6.22. The average molecular weight is 337 g/mol. The molecule has 2 fully saturated rings. The molecule has 2 aliphatic rings. The van der Waals surface area contributed by atoms with Crippen molar-refractivity contribution < 1.29 is 8.42 Å². The Balaban J connectivity index is 0.00000147. The number of piperazine rings is 1. The molecule has 1 aromatic carbocycles. The maximum Gasteiger partial charge on any atom is 0.217 e. The Hall–Kier alpha value is -0.330. The van der Waals surface area contributed by atoms with Crippen LogP contribution in [-0.4, -0.2) is 37.6 Å². The fourth-order valence-electron chi connectivity index (χ4n) is 2.56. The molecule has 1 atom stereocenters. The van der Waals surface area contributed by atoms with E-state index in [2.05, 4.69) is 5.32 Å². The Labute approximate surface area is 131 Å². The van der Waals surface area contributed by atoms with Crippen LogP contribution in [0.25, 0.3) is 0 Å². The summed E-state index contributed by atoms with van der Waals surface area (Å²) in [6, 6.07) is 7.30. The van der Waals surface area contributed by atoms with E-state index in [1.807, 2.05) is 24.3 Å². The van der Waals surface area contributed by atoms with Gasteiger partial charge in [0, 0.05) is 24.7 Å². The van der Waals surface area contributed by atoms with E-state index in [-0.39, 0.29) is 23.7 Å². The summed E-state index contributed by atoms with van der Waals surface area (Å²) in [7, 11) is -3.17. The highest BCUT2D eigenvalue weighted by atomic mass is 35.5. The van der Waals surface area contributed by atoms with E-state index >= 15 is 0 Å². The zero-order valence-electron chi connectivity index (χ0n) is 11.0. The van der Waals surface area contributed by atoms with Gasteiger partial charge in [-0.2, -0.15) is 4.31 Å². The van der Waals surface area contributed by atoms with Crippen molar-refractivity contribution in [1.82, 2.24) is 9.62 Å². The monoisotopic (exact) mass is 336 g/mol. The molecule has 1 saturated carbocycles. The maximum atomic E-state index is 12.5. The zero-order chi connectivity index (χ0) is 13.5. The zero-order valence-corrected chi connectivity index (χ0v) is 13.3. The molecule has 1 aromatic rings. The molecule has 1 heterocycles. The first-order valence-corrected chi connectivity index (χ1v) is 8.44. The van der Waals surface area contributed by atoms with Crippen molar-refractivity contribution in [2.75, 3.05) is 19.6 Å². The van der Waals surface area contributed by atoms with Crippen molar-refractivity contribution in [2.24, 2.45) is 0 Å². The number of sulfonamides is 1. The van der Waals surface area contributed by atoms with Crippen LogP contribution in [0.15, 0.2) is 24.3 Å². The van der Waals surface area contributed by atoms with Gasteiger partial charge in [-0.15, -0.1) is 12.4 Å². The first kappa shape index (κ1) is 16.0. The Kier molecular flexibility index (Phi) is 4.97. The van der Waals surface area contributed by atoms with E-state index in [0.717, 1.165) is 18.4 Å².